The molecule has 0 bridgehead atoms. The van der Waals surface area contributed by atoms with E-state index in [1.54, 1.807) is 12.1 Å². The molecule has 0 saturated heterocycles. The lowest BCUT2D eigenvalue weighted by Crippen LogP contribution is -2.11. The molecule has 2 aromatic carbocycles. The molecule has 0 atom stereocenters. The fourth-order valence-corrected chi connectivity index (χ4v) is 3.31. The second-order valence-electron chi connectivity index (χ2n) is 5.53. The van der Waals surface area contributed by atoms with Crippen LogP contribution in [0.1, 0.15) is 21.1 Å². The fraction of sp³-hybridized carbons (Fsp3) is 0.0556. The Balaban J connectivity index is 1.48. The average Bonchev–Trinajstić information content (AvgIpc) is 3.22. The van der Waals surface area contributed by atoms with Gasteiger partial charge in [-0.3, -0.25) is 10.1 Å². The van der Waals surface area contributed by atoms with E-state index in [9.17, 15) is 9.18 Å². The fourth-order valence-electron chi connectivity index (χ4n) is 2.54. The van der Waals surface area contributed by atoms with E-state index < -0.39 is 0 Å². The molecule has 25 heavy (non-hydrogen) atoms. The Morgan fingerprint density at radius 2 is 1.96 bits per heavy atom. The molecule has 0 fully saturated rings. The van der Waals surface area contributed by atoms with Crippen molar-refractivity contribution in [1.82, 2.24) is 15.2 Å². The third-order valence-corrected chi connectivity index (χ3v) is 4.55. The Labute approximate surface area is 146 Å². The van der Waals surface area contributed by atoms with E-state index in [1.165, 1.54) is 23.5 Å². The first-order chi connectivity index (χ1) is 12.2. The molecular weight excluding hydrogens is 339 g/mol. The number of rotatable bonds is 4. The van der Waals surface area contributed by atoms with E-state index >= 15 is 0 Å². The van der Waals surface area contributed by atoms with E-state index in [2.05, 4.69) is 20.5 Å². The molecule has 2 aromatic heterocycles. The third kappa shape index (κ3) is 3.41. The molecule has 4 aromatic rings. The summed E-state index contributed by atoms with van der Waals surface area (Å²) < 4.78 is 13.2. The number of amides is 1. The zero-order valence-electron chi connectivity index (χ0n) is 13.0. The van der Waals surface area contributed by atoms with Crippen LogP contribution in [0.3, 0.4) is 0 Å². The molecule has 1 amide bonds. The van der Waals surface area contributed by atoms with Crippen molar-refractivity contribution in [3.8, 4) is 0 Å². The third-order valence-electron chi connectivity index (χ3n) is 3.71. The Morgan fingerprint density at radius 1 is 1.12 bits per heavy atom. The van der Waals surface area contributed by atoms with Crippen molar-refractivity contribution in [3.05, 3.63) is 76.7 Å². The van der Waals surface area contributed by atoms with Gasteiger partial charge in [0, 0.05) is 17.3 Å². The summed E-state index contributed by atoms with van der Waals surface area (Å²) in [5, 5.41) is 12.7. The number of carbonyl (C=O) groups excluding carboxylic acids is 1. The Kier molecular flexibility index (Phi) is 3.99. The number of halogens is 1. The van der Waals surface area contributed by atoms with Gasteiger partial charge in [0.25, 0.3) is 5.91 Å². The molecule has 0 aliphatic rings. The van der Waals surface area contributed by atoms with Crippen molar-refractivity contribution in [3.63, 3.8) is 0 Å². The van der Waals surface area contributed by atoms with Gasteiger partial charge >= 0.3 is 0 Å². The monoisotopic (exact) mass is 352 g/mol. The van der Waals surface area contributed by atoms with Crippen LogP contribution in [0, 0.1) is 5.82 Å². The van der Waals surface area contributed by atoms with Crippen LogP contribution in [0.4, 0.5) is 9.52 Å². The molecule has 0 radical (unpaired) electrons. The number of aromatic nitrogens is 3. The van der Waals surface area contributed by atoms with E-state index in [0.29, 0.717) is 28.1 Å². The minimum atomic E-state index is -0.340. The van der Waals surface area contributed by atoms with E-state index in [0.717, 1.165) is 10.6 Å². The molecule has 5 nitrogen and oxygen atoms in total. The quantitative estimate of drug-likeness (QED) is 0.583. The minimum Gasteiger partial charge on any atom is -0.351 e. The topological polar surface area (TPSA) is 70.7 Å². The first-order valence-corrected chi connectivity index (χ1v) is 8.45. The van der Waals surface area contributed by atoms with Gasteiger partial charge in [0.2, 0.25) is 5.13 Å². The number of carbonyl (C=O) groups is 1. The number of H-pyrrole nitrogens is 1. The van der Waals surface area contributed by atoms with Crippen molar-refractivity contribution < 1.29 is 9.18 Å². The molecule has 4 rings (SSSR count). The summed E-state index contributed by atoms with van der Waals surface area (Å²) in [4.78, 5) is 15.3. The Morgan fingerprint density at radius 3 is 2.80 bits per heavy atom. The molecule has 0 spiro atoms. The zero-order valence-corrected chi connectivity index (χ0v) is 13.8. The van der Waals surface area contributed by atoms with Gasteiger partial charge in [-0.2, -0.15) is 0 Å². The highest BCUT2D eigenvalue weighted by Gasteiger charge is 2.13. The number of benzene rings is 2. The molecule has 2 heterocycles. The molecule has 0 unspecified atom stereocenters. The molecule has 2 N–H and O–H groups in total. The first-order valence-electron chi connectivity index (χ1n) is 7.63. The SMILES string of the molecule is O=C(Nc1nnc(Cc2ccccc2)s1)c1cc2cc(F)ccc2[nH]1. The van der Waals surface area contributed by atoms with Crippen molar-refractivity contribution in [2.45, 2.75) is 6.42 Å². The number of aromatic amines is 1. The zero-order chi connectivity index (χ0) is 17.2. The smallest absolute Gasteiger partial charge is 0.273 e. The number of fused-ring (bicyclic) bond motifs is 1. The van der Waals surface area contributed by atoms with Gasteiger partial charge in [-0.1, -0.05) is 41.7 Å². The van der Waals surface area contributed by atoms with Crippen LogP contribution in [0.2, 0.25) is 0 Å². The van der Waals surface area contributed by atoms with Crippen LogP contribution in [0.5, 0.6) is 0 Å². The average molecular weight is 352 g/mol. The molecule has 0 aliphatic carbocycles. The largest absolute Gasteiger partial charge is 0.351 e. The lowest BCUT2D eigenvalue weighted by atomic mass is 10.2. The summed E-state index contributed by atoms with van der Waals surface area (Å²) in [6.45, 7) is 0. The highest BCUT2D eigenvalue weighted by atomic mass is 32.1. The predicted octanol–water partition coefficient (Wildman–Crippen LogP) is 4.00. The lowest BCUT2D eigenvalue weighted by molar-refractivity contribution is 0.102. The van der Waals surface area contributed by atoms with E-state index in [1.807, 2.05) is 30.3 Å². The standard InChI is InChI=1S/C18H13FN4OS/c19-13-6-7-14-12(9-13)10-15(20-14)17(24)21-18-23-22-16(25-18)8-11-4-2-1-3-5-11/h1-7,9-10,20H,8H2,(H,21,23,24). The van der Waals surface area contributed by atoms with Gasteiger partial charge in [-0.05, 0) is 29.8 Å². The number of anilines is 1. The normalized spacial score (nSPS) is 10.9. The van der Waals surface area contributed by atoms with Gasteiger partial charge in [0.1, 0.15) is 16.5 Å². The highest BCUT2D eigenvalue weighted by Crippen LogP contribution is 2.21. The summed E-state index contributed by atoms with van der Waals surface area (Å²) in [6, 6.07) is 15.9. The summed E-state index contributed by atoms with van der Waals surface area (Å²) in [5.41, 5.74) is 2.18. The van der Waals surface area contributed by atoms with Gasteiger partial charge in [0.15, 0.2) is 0 Å². The van der Waals surface area contributed by atoms with Gasteiger partial charge in [-0.25, -0.2) is 4.39 Å². The van der Waals surface area contributed by atoms with Crippen LogP contribution in [0.25, 0.3) is 10.9 Å². The van der Waals surface area contributed by atoms with Crippen LogP contribution in [0.15, 0.2) is 54.6 Å². The van der Waals surface area contributed by atoms with Crippen LogP contribution in [-0.2, 0) is 6.42 Å². The number of hydrogen-bond donors (Lipinski definition) is 2. The van der Waals surface area contributed by atoms with Gasteiger partial charge < -0.3 is 4.98 Å². The Bertz CT molecular complexity index is 1040. The number of nitrogens with one attached hydrogen (secondary N) is 2. The summed E-state index contributed by atoms with van der Waals surface area (Å²) in [7, 11) is 0. The highest BCUT2D eigenvalue weighted by molar-refractivity contribution is 7.15. The number of hydrogen-bond acceptors (Lipinski definition) is 4. The molecule has 124 valence electrons. The van der Waals surface area contributed by atoms with Crippen LogP contribution < -0.4 is 5.32 Å². The maximum Gasteiger partial charge on any atom is 0.273 e. The van der Waals surface area contributed by atoms with E-state index in [-0.39, 0.29) is 11.7 Å². The summed E-state index contributed by atoms with van der Waals surface area (Å²) in [6.07, 6.45) is 0.667. The van der Waals surface area contributed by atoms with Crippen molar-refractivity contribution in [1.29, 1.82) is 0 Å². The number of nitrogens with zero attached hydrogens (tertiary/aromatic N) is 2. The molecular formula is C18H13FN4OS. The summed E-state index contributed by atoms with van der Waals surface area (Å²) >= 11 is 1.33. The maximum atomic E-state index is 13.2. The molecule has 0 aliphatic heterocycles. The van der Waals surface area contributed by atoms with E-state index in [4.69, 9.17) is 0 Å². The predicted molar refractivity (Wildman–Crippen MR) is 95.4 cm³/mol. The lowest BCUT2D eigenvalue weighted by Gasteiger charge is -1.97. The van der Waals surface area contributed by atoms with Crippen molar-refractivity contribution in [2.24, 2.45) is 0 Å². The maximum absolute atomic E-state index is 13.2. The second-order valence-corrected chi connectivity index (χ2v) is 6.59. The summed E-state index contributed by atoms with van der Waals surface area (Å²) in [5.74, 6) is -0.674. The van der Waals surface area contributed by atoms with Crippen LogP contribution >= 0.6 is 11.3 Å². The minimum absolute atomic E-state index is 0.334. The molecule has 7 heteroatoms. The van der Waals surface area contributed by atoms with Gasteiger partial charge in [-0.15, -0.1) is 10.2 Å². The van der Waals surface area contributed by atoms with Crippen molar-refractivity contribution in [2.75, 3.05) is 5.32 Å². The Hall–Kier alpha value is -3.06. The second kappa shape index (κ2) is 6.45. The molecule has 0 saturated carbocycles. The van der Waals surface area contributed by atoms with Gasteiger partial charge in [0.05, 0.1) is 0 Å². The van der Waals surface area contributed by atoms with Crippen molar-refractivity contribution >= 4 is 33.3 Å². The van der Waals surface area contributed by atoms with Crippen LogP contribution in [-0.4, -0.2) is 21.1 Å². The first kappa shape index (κ1) is 15.5.